The van der Waals surface area contributed by atoms with E-state index in [1.165, 1.54) is 6.92 Å². The number of ether oxygens (including phenoxy) is 2. The molecule has 0 amide bonds. The second-order valence-electron chi connectivity index (χ2n) is 4.56. The minimum absolute atomic E-state index is 0.118. The van der Waals surface area contributed by atoms with Crippen molar-refractivity contribution >= 4 is 18.3 Å². The number of hydrogen-bond acceptors (Lipinski definition) is 5. The molecular weight excluding hydrogens is 260 g/mol. The molecule has 1 unspecified atom stereocenters. The third-order valence-electron chi connectivity index (χ3n) is 2.66. The van der Waals surface area contributed by atoms with Crippen LogP contribution in [0.15, 0.2) is 41.7 Å². The third kappa shape index (κ3) is 3.30. The van der Waals surface area contributed by atoms with E-state index in [-0.39, 0.29) is 22.5 Å². The Bertz CT molecular complexity index is 581. The maximum absolute atomic E-state index is 12.1. The fourth-order valence-electron chi connectivity index (χ4n) is 1.65. The summed E-state index contributed by atoms with van der Waals surface area (Å²) >= 11 is 0. The first-order chi connectivity index (χ1) is 9.50. The van der Waals surface area contributed by atoms with Gasteiger partial charge >= 0.3 is 11.9 Å². The van der Waals surface area contributed by atoms with Gasteiger partial charge in [-0.2, -0.15) is 0 Å². The lowest BCUT2D eigenvalue weighted by molar-refractivity contribution is -0.778. The van der Waals surface area contributed by atoms with E-state index in [9.17, 15) is 9.59 Å². The van der Waals surface area contributed by atoms with Crippen LogP contribution in [0.2, 0.25) is 0 Å². The molecule has 0 aliphatic carbocycles. The molecule has 1 aliphatic heterocycles. The van der Waals surface area contributed by atoms with Crippen molar-refractivity contribution in [3.8, 4) is 5.75 Å². The number of para-hydroxylation sites is 1. The Labute approximate surface area is 116 Å². The lowest BCUT2D eigenvalue weighted by Gasteiger charge is -2.20. The zero-order valence-corrected chi connectivity index (χ0v) is 11.3. The second kappa shape index (κ2) is 5.66. The molecule has 20 heavy (non-hydrogen) atoms. The van der Waals surface area contributed by atoms with E-state index in [2.05, 4.69) is 4.99 Å². The number of carbonyl (C=O) groups excluding carboxylic acids is 2. The summed E-state index contributed by atoms with van der Waals surface area (Å²) in [6.45, 7) is 1.40. The van der Waals surface area contributed by atoms with Crippen LogP contribution in [0.25, 0.3) is 0 Å². The van der Waals surface area contributed by atoms with Gasteiger partial charge in [-0.15, -0.1) is 0 Å². The van der Waals surface area contributed by atoms with Crippen molar-refractivity contribution in [2.75, 3.05) is 13.8 Å². The molecule has 0 N–H and O–H groups in total. The molecule has 6 heteroatoms. The van der Waals surface area contributed by atoms with Gasteiger partial charge in [0.2, 0.25) is 6.73 Å². The molecule has 0 bridgehead atoms. The van der Waals surface area contributed by atoms with E-state index < -0.39 is 11.9 Å². The lowest BCUT2D eigenvalue weighted by Crippen LogP contribution is -2.38. The summed E-state index contributed by atoms with van der Waals surface area (Å²) in [6, 6.07) is 6.45. The van der Waals surface area contributed by atoms with Crippen molar-refractivity contribution < 1.29 is 23.5 Å². The van der Waals surface area contributed by atoms with Crippen LogP contribution >= 0.6 is 0 Å². The van der Waals surface area contributed by atoms with Crippen LogP contribution in [0.4, 0.5) is 0 Å². The molecule has 6 nitrogen and oxygen atoms in total. The summed E-state index contributed by atoms with van der Waals surface area (Å²) in [5.41, 5.74) is 0.217. The normalized spacial score (nSPS) is 19.9. The Morgan fingerprint density at radius 3 is 2.70 bits per heavy atom. The molecule has 1 atom stereocenters. The molecule has 0 aromatic heterocycles. The highest BCUT2D eigenvalue weighted by molar-refractivity contribution is 5.93. The first-order valence-corrected chi connectivity index (χ1v) is 6.02. The van der Waals surface area contributed by atoms with Gasteiger partial charge in [0.15, 0.2) is 6.34 Å². The predicted octanol–water partition coefficient (Wildman–Crippen LogP) is 1.69. The monoisotopic (exact) mass is 275 g/mol. The number of benzene rings is 1. The van der Waals surface area contributed by atoms with Crippen LogP contribution < -0.4 is 4.74 Å². The van der Waals surface area contributed by atoms with Gasteiger partial charge in [-0.1, -0.05) is 12.1 Å². The molecule has 0 radical (unpaired) electrons. The molecule has 0 saturated heterocycles. The molecular formula is C14H15N2O4+. The number of carbonyl (C=O) groups is 2. The Balaban J connectivity index is 2.07. The van der Waals surface area contributed by atoms with Gasteiger partial charge in [-0.05, 0) is 12.1 Å². The van der Waals surface area contributed by atoms with Crippen LogP contribution in [0.1, 0.15) is 17.3 Å². The SMILES string of the molecule is CC(=O)Oc1ccccc1C(=O)OC[N+]1(C)C=CN=C1. The number of quaternary nitrogens is 1. The molecule has 0 spiro atoms. The molecule has 0 saturated carbocycles. The average Bonchev–Trinajstić information content (AvgIpc) is 2.83. The lowest BCUT2D eigenvalue weighted by atomic mass is 10.2. The molecule has 1 aromatic rings. The summed E-state index contributed by atoms with van der Waals surface area (Å²) in [4.78, 5) is 27.0. The molecule has 1 aliphatic rings. The van der Waals surface area contributed by atoms with Gasteiger partial charge in [0.05, 0.1) is 13.2 Å². The number of esters is 2. The van der Waals surface area contributed by atoms with Crippen molar-refractivity contribution in [1.82, 2.24) is 0 Å². The van der Waals surface area contributed by atoms with Gasteiger partial charge in [0.1, 0.15) is 17.5 Å². The Morgan fingerprint density at radius 1 is 1.30 bits per heavy atom. The topological polar surface area (TPSA) is 65.0 Å². The van der Waals surface area contributed by atoms with E-state index in [1.807, 2.05) is 7.05 Å². The zero-order valence-electron chi connectivity index (χ0n) is 11.3. The van der Waals surface area contributed by atoms with Gasteiger partial charge in [-0.3, -0.25) is 4.79 Å². The van der Waals surface area contributed by atoms with Crippen LogP contribution in [0.5, 0.6) is 5.75 Å². The van der Waals surface area contributed by atoms with Crippen molar-refractivity contribution in [2.24, 2.45) is 4.99 Å². The standard InChI is InChI=1S/C14H15N2O4/c1-11(17)20-13-6-4-3-5-12(13)14(18)19-10-16(2)8-7-15-9-16/h3-9H,10H2,1-2H3/q+1. The Hall–Kier alpha value is -2.47. The third-order valence-corrected chi connectivity index (χ3v) is 2.66. The zero-order chi connectivity index (χ0) is 14.6. The van der Waals surface area contributed by atoms with Crippen molar-refractivity contribution in [1.29, 1.82) is 0 Å². The quantitative estimate of drug-likeness (QED) is 0.476. The number of nitrogens with zero attached hydrogens (tertiary/aromatic N) is 2. The molecule has 104 valence electrons. The summed E-state index contributed by atoms with van der Waals surface area (Å²) < 4.78 is 10.5. The summed E-state index contributed by atoms with van der Waals surface area (Å²) in [6.07, 6.45) is 5.09. The van der Waals surface area contributed by atoms with Crippen LogP contribution in [0.3, 0.4) is 0 Å². The highest BCUT2D eigenvalue weighted by atomic mass is 16.6. The van der Waals surface area contributed by atoms with Crippen LogP contribution in [0, 0.1) is 0 Å². The van der Waals surface area contributed by atoms with Crippen molar-refractivity contribution in [2.45, 2.75) is 6.92 Å². The Kier molecular flexibility index (Phi) is 3.95. The number of hydrogen-bond donors (Lipinski definition) is 0. The van der Waals surface area contributed by atoms with Gasteiger partial charge in [0, 0.05) is 6.92 Å². The minimum Gasteiger partial charge on any atom is -0.426 e. The summed E-state index contributed by atoms with van der Waals surface area (Å²) in [5, 5.41) is 0. The average molecular weight is 275 g/mol. The first-order valence-electron chi connectivity index (χ1n) is 6.02. The van der Waals surface area contributed by atoms with E-state index in [0.717, 1.165) is 0 Å². The largest absolute Gasteiger partial charge is 0.426 e. The smallest absolute Gasteiger partial charge is 0.346 e. The molecule has 1 aromatic carbocycles. The van der Waals surface area contributed by atoms with Gasteiger partial charge < -0.3 is 9.47 Å². The second-order valence-corrected chi connectivity index (χ2v) is 4.56. The fourth-order valence-corrected chi connectivity index (χ4v) is 1.65. The number of aliphatic imine (C=N–C) groups is 1. The maximum atomic E-state index is 12.1. The van der Waals surface area contributed by atoms with Crippen molar-refractivity contribution in [3.63, 3.8) is 0 Å². The van der Waals surface area contributed by atoms with E-state index in [4.69, 9.17) is 9.47 Å². The van der Waals surface area contributed by atoms with E-state index in [1.54, 1.807) is 43.0 Å². The predicted molar refractivity (Wildman–Crippen MR) is 71.8 cm³/mol. The van der Waals surface area contributed by atoms with Crippen LogP contribution in [-0.4, -0.2) is 36.5 Å². The van der Waals surface area contributed by atoms with E-state index >= 15 is 0 Å². The summed E-state index contributed by atoms with van der Waals surface area (Å²) in [5.74, 6) is -0.841. The maximum Gasteiger partial charge on any atom is 0.346 e. The molecule has 2 rings (SSSR count). The first kappa shape index (κ1) is 14.0. The van der Waals surface area contributed by atoms with Gasteiger partial charge in [0.25, 0.3) is 0 Å². The van der Waals surface area contributed by atoms with Crippen LogP contribution in [-0.2, 0) is 9.53 Å². The Morgan fingerprint density at radius 2 is 2.05 bits per heavy atom. The van der Waals surface area contributed by atoms with E-state index in [0.29, 0.717) is 0 Å². The molecule has 0 fully saturated rings. The number of rotatable bonds is 4. The fraction of sp³-hybridized carbons (Fsp3) is 0.214. The molecule has 1 heterocycles. The minimum atomic E-state index is -0.546. The highest BCUT2D eigenvalue weighted by Gasteiger charge is 2.23. The summed E-state index contributed by atoms with van der Waals surface area (Å²) in [7, 11) is 1.85. The van der Waals surface area contributed by atoms with Crippen molar-refractivity contribution in [3.05, 3.63) is 42.2 Å². The van der Waals surface area contributed by atoms with Gasteiger partial charge in [-0.25, -0.2) is 14.3 Å². The highest BCUT2D eigenvalue weighted by Crippen LogP contribution is 2.19.